The van der Waals surface area contributed by atoms with E-state index in [2.05, 4.69) is 9.88 Å². The highest BCUT2D eigenvalue weighted by Crippen LogP contribution is 2.31. The lowest BCUT2D eigenvalue weighted by atomic mass is 9.88. The summed E-state index contributed by atoms with van der Waals surface area (Å²) in [6, 6.07) is 4.53. The summed E-state index contributed by atoms with van der Waals surface area (Å²) in [6.45, 7) is 1.78. The molecule has 3 N–H and O–H groups in total. The van der Waals surface area contributed by atoms with Crippen LogP contribution in [-0.2, 0) is 19.5 Å². The maximum absolute atomic E-state index is 12.6. The third kappa shape index (κ3) is 3.46. The summed E-state index contributed by atoms with van der Waals surface area (Å²) in [5.41, 5.74) is 2.29. The topological polar surface area (TPSA) is 89.5 Å². The molecular weight excluding hydrogens is 330 g/mol. The van der Waals surface area contributed by atoms with E-state index in [-0.39, 0.29) is 17.1 Å². The Bertz CT molecular complexity index is 856. The van der Waals surface area contributed by atoms with Crippen molar-refractivity contribution in [2.45, 2.75) is 57.5 Å². The van der Waals surface area contributed by atoms with E-state index in [4.69, 9.17) is 4.98 Å². The van der Waals surface area contributed by atoms with E-state index in [0.717, 1.165) is 42.9 Å². The Morgan fingerprint density at radius 3 is 2.81 bits per heavy atom. The lowest BCUT2D eigenvalue weighted by Crippen LogP contribution is -2.36. The van der Waals surface area contributed by atoms with Crippen LogP contribution in [-0.4, -0.2) is 31.6 Å². The molecule has 0 spiro atoms. The zero-order valence-corrected chi connectivity index (χ0v) is 14.9. The Kier molecular flexibility index (Phi) is 4.68. The first-order chi connectivity index (χ1) is 12.6. The number of H-pyrrole nitrogens is 1. The second-order valence-corrected chi connectivity index (χ2v) is 7.49. The lowest BCUT2D eigenvalue weighted by molar-refractivity contribution is 0.237. The summed E-state index contributed by atoms with van der Waals surface area (Å²) in [4.78, 5) is 22.6. The molecule has 0 atom stereocenters. The van der Waals surface area contributed by atoms with E-state index in [9.17, 15) is 15.0 Å². The van der Waals surface area contributed by atoms with Gasteiger partial charge < -0.3 is 15.2 Å². The van der Waals surface area contributed by atoms with Gasteiger partial charge in [0.1, 0.15) is 17.3 Å². The normalized spacial score (nSPS) is 18.6. The Hall–Kier alpha value is -2.34. The van der Waals surface area contributed by atoms with Crippen molar-refractivity contribution in [3.8, 4) is 11.5 Å². The molecule has 0 bridgehead atoms. The highest BCUT2D eigenvalue weighted by Gasteiger charge is 2.25. The summed E-state index contributed by atoms with van der Waals surface area (Å²) in [6.07, 6.45) is 6.68. The molecule has 1 aliphatic carbocycles. The number of rotatable bonds is 3. The van der Waals surface area contributed by atoms with Crippen molar-refractivity contribution in [2.75, 3.05) is 6.54 Å². The summed E-state index contributed by atoms with van der Waals surface area (Å²) < 4.78 is 0. The van der Waals surface area contributed by atoms with Crippen molar-refractivity contribution in [2.24, 2.45) is 0 Å². The van der Waals surface area contributed by atoms with Crippen LogP contribution in [0, 0.1) is 0 Å². The first kappa shape index (κ1) is 17.1. The number of fused-ring (bicyclic) bond motifs is 1. The van der Waals surface area contributed by atoms with Crippen molar-refractivity contribution >= 4 is 0 Å². The SMILES string of the molecule is O=c1[nH]c(C2CCCCC2)nc2c1CN(Cc1cc(O)ccc1O)CC2. The first-order valence-electron chi connectivity index (χ1n) is 9.45. The number of hydrogen-bond acceptors (Lipinski definition) is 5. The number of nitrogens with one attached hydrogen (secondary N) is 1. The molecule has 0 saturated heterocycles. The van der Waals surface area contributed by atoms with E-state index in [0.29, 0.717) is 24.6 Å². The predicted octanol–water partition coefficient (Wildman–Crippen LogP) is 2.79. The predicted molar refractivity (Wildman–Crippen MR) is 98.3 cm³/mol. The Balaban J connectivity index is 1.53. The number of aromatic hydroxyl groups is 2. The number of aromatic amines is 1. The number of nitrogens with zero attached hydrogens (tertiary/aromatic N) is 2. The average Bonchev–Trinajstić information content (AvgIpc) is 2.66. The second-order valence-electron chi connectivity index (χ2n) is 7.49. The molecular formula is C20H25N3O3. The third-order valence-corrected chi connectivity index (χ3v) is 5.61. The molecule has 1 aliphatic heterocycles. The molecule has 138 valence electrons. The van der Waals surface area contributed by atoms with Gasteiger partial charge in [0.15, 0.2) is 0 Å². The van der Waals surface area contributed by atoms with Crippen LogP contribution in [0.3, 0.4) is 0 Å². The number of phenols is 2. The molecule has 0 radical (unpaired) electrons. The Morgan fingerprint density at radius 1 is 1.19 bits per heavy atom. The van der Waals surface area contributed by atoms with Crippen LogP contribution in [0.4, 0.5) is 0 Å². The summed E-state index contributed by atoms with van der Waals surface area (Å²) in [7, 11) is 0. The van der Waals surface area contributed by atoms with Gasteiger partial charge in [-0.1, -0.05) is 19.3 Å². The van der Waals surface area contributed by atoms with E-state index >= 15 is 0 Å². The fourth-order valence-electron chi connectivity index (χ4n) is 4.14. The molecule has 1 aromatic carbocycles. The van der Waals surface area contributed by atoms with Crippen LogP contribution in [0.2, 0.25) is 0 Å². The number of benzene rings is 1. The van der Waals surface area contributed by atoms with Crippen LogP contribution >= 0.6 is 0 Å². The highest BCUT2D eigenvalue weighted by molar-refractivity contribution is 5.38. The van der Waals surface area contributed by atoms with Crippen LogP contribution in [0.5, 0.6) is 11.5 Å². The van der Waals surface area contributed by atoms with Crippen LogP contribution in [0.25, 0.3) is 0 Å². The van der Waals surface area contributed by atoms with Gasteiger partial charge in [-0.15, -0.1) is 0 Å². The molecule has 4 rings (SSSR count). The molecule has 2 heterocycles. The van der Waals surface area contributed by atoms with Gasteiger partial charge in [0.25, 0.3) is 5.56 Å². The van der Waals surface area contributed by atoms with Gasteiger partial charge in [-0.2, -0.15) is 0 Å². The largest absolute Gasteiger partial charge is 0.508 e. The zero-order valence-electron chi connectivity index (χ0n) is 14.9. The van der Waals surface area contributed by atoms with Crippen molar-refractivity contribution in [3.05, 3.63) is 51.2 Å². The average molecular weight is 355 g/mol. The molecule has 1 fully saturated rings. The van der Waals surface area contributed by atoms with Gasteiger partial charge in [-0.3, -0.25) is 9.69 Å². The van der Waals surface area contributed by atoms with Crippen LogP contribution in [0.15, 0.2) is 23.0 Å². The minimum Gasteiger partial charge on any atom is -0.508 e. The zero-order chi connectivity index (χ0) is 18.1. The standard InChI is InChI=1S/C20H25N3O3/c24-15-6-7-18(25)14(10-15)11-23-9-8-17-16(12-23)20(26)22-19(21-17)13-4-2-1-3-5-13/h6-7,10,13,24-25H,1-5,8-9,11-12H2,(H,21,22,26). The van der Waals surface area contributed by atoms with Crippen LogP contribution < -0.4 is 5.56 Å². The molecule has 6 nitrogen and oxygen atoms in total. The fourth-order valence-corrected chi connectivity index (χ4v) is 4.14. The van der Waals surface area contributed by atoms with Crippen LogP contribution in [0.1, 0.15) is 60.7 Å². The summed E-state index contributed by atoms with van der Waals surface area (Å²) >= 11 is 0. The van der Waals surface area contributed by atoms with Crippen molar-refractivity contribution < 1.29 is 10.2 Å². The van der Waals surface area contributed by atoms with Gasteiger partial charge in [-0.25, -0.2) is 4.98 Å². The first-order valence-corrected chi connectivity index (χ1v) is 9.45. The Morgan fingerprint density at radius 2 is 2.00 bits per heavy atom. The van der Waals surface area contributed by atoms with Gasteiger partial charge in [-0.05, 0) is 31.0 Å². The minimum atomic E-state index is -0.0274. The van der Waals surface area contributed by atoms with Gasteiger partial charge >= 0.3 is 0 Å². The van der Waals surface area contributed by atoms with Gasteiger partial charge in [0.2, 0.25) is 0 Å². The summed E-state index contributed by atoms with van der Waals surface area (Å²) in [5.74, 6) is 1.55. The smallest absolute Gasteiger partial charge is 0.255 e. The third-order valence-electron chi connectivity index (χ3n) is 5.61. The van der Waals surface area contributed by atoms with Crippen molar-refractivity contribution in [1.82, 2.24) is 14.9 Å². The van der Waals surface area contributed by atoms with Gasteiger partial charge in [0.05, 0.1) is 11.3 Å². The maximum Gasteiger partial charge on any atom is 0.255 e. The molecule has 0 amide bonds. The molecule has 2 aromatic rings. The van der Waals surface area contributed by atoms with E-state index < -0.39 is 0 Å². The quantitative estimate of drug-likeness (QED) is 0.737. The van der Waals surface area contributed by atoms with Crippen molar-refractivity contribution in [3.63, 3.8) is 0 Å². The van der Waals surface area contributed by atoms with E-state index in [1.165, 1.54) is 31.4 Å². The van der Waals surface area contributed by atoms with Crippen molar-refractivity contribution in [1.29, 1.82) is 0 Å². The van der Waals surface area contributed by atoms with E-state index in [1.54, 1.807) is 6.07 Å². The molecule has 1 aromatic heterocycles. The second kappa shape index (κ2) is 7.11. The lowest BCUT2D eigenvalue weighted by Gasteiger charge is -2.29. The minimum absolute atomic E-state index is 0.0274. The van der Waals surface area contributed by atoms with E-state index in [1.807, 2.05) is 0 Å². The highest BCUT2D eigenvalue weighted by atomic mass is 16.3. The molecule has 0 unspecified atom stereocenters. The monoisotopic (exact) mass is 355 g/mol. The molecule has 1 saturated carbocycles. The number of aromatic nitrogens is 2. The number of phenolic OH excluding ortho intramolecular Hbond substituents is 2. The summed E-state index contributed by atoms with van der Waals surface area (Å²) in [5, 5.41) is 19.6. The molecule has 2 aliphatic rings. The Labute approximate surface area is 152 Å². The molecule has 26 heavy (non-hydrogen) atoms. The number of hydrogen-bond donors (Lipinski definition) is 3. The fraction of sp³-hybridized carbons (Fsp3) is 0.500. The van der Waals surface area contributed by atoms with Gasteiger partial charge in [0, 0.05) is 37.5 Å². The maximum atomic E-state index is 12.6. The molecule has 6 heteroatoms.